The van der Waals surface area contributed by atoms with Gasteiger partial charge in [-0.25, -0.2) is 13.9 Å². The first-order chi connectivity index (χ1) is 15.4. The van der Waals surface area contributed by atoms with E-state index >= 15 is 0 Å². The summed E-state index contributed by atoms with van der Waals surface area (Å²) >= 11 is 6.00. The van der Waals surface area contributed by atoms with Crippen molar-refractivity contribution < 1.29 is 18.7 Å². The normalized spacial score (nSPS) is 13.8. The molecule has 0 spiro atoms. The summed E-state index contributed by atoms with van der Waals surface area (Å²) in [5, 5.41) is 7.83. The van der Waals surface area contributed by atoms with Gasteiger partial charge in [0.05, 0.1) is 11.7 Å². The minimum Gasteiger partial charge on any atom is -0.451 e. The van der Waals surface area contributed by atoms with Crippen LogP contribution in [0.25, 0.3) is 5.69 Å². The van der Waals surface area contributed by atoms with Crippen LogP contribution < -0.4 is 5.32 Å². The summed E-state index contributed by atoms with van der Waals surface area (Å²) in [4.78, 5) is 25.1. The van der Waals surface area contributed by atoms with Gasteiger partial charge in [-0.15, -0.1) is 0 Å². The molecule has 0 fully saturated rings. The topological polar surface area (TPSA) is 73.2 Å². The number of esters is 1. The highest BCUT2D eigenvalue weighted by Gasteiger charge is 2.27. The van der Waals surface area contributed by atoms with Gasteiger partial charge in [0, 0.05) is 16.3 Å². The van der Waals surface area contributed by atoms with Crippen LogP contribution in [0.3, 0.4) is 0 Å². The minimum atomic E-state index is -0.644. The number of aromatic nitrogens is 2. The van der Waals surface area contributed by atoms with Crippen LogP contribution in [-0.4, -0.2) is 28.3 Å². The molecule has 0 bridgehead atoms. The van der Waals surface area contributed by atoms with Crippen molar-refractivity contribution in [3.05, 3.63) is 81.9 Å². The average Bonchev–Trinajstić information content (AvgIpc) is 3.18. The highest BCUT2D eigenvalue weighted by molar-refractivity contribution is 6.30. The summed E-state index contributed by atoms with van der Waals surface area (Å²) in [5.74, 6) is -1.40. The molecule has 0 saturated heterocycles. The van der Waals surface area contributed by atoms with E-state index in [1.807, 2.05) is 13.0 Å². The Balaban J connectivity index is 1.45. The summed E-state index contributed by atoms with van der Waals surface area (Å²) in [6.45, 7) is 1.41. The fourth-order valence-electron chi connectivity index (χ4n) is 3.90. The van der Waals surface area contributed by atoms with E-state index in [9.17, 15) is 14.0 Å². The predicted molar refractivity (Wildman–Crippen MR) is 118 cm³/mol. The average molecular weight is 456 g/mol. The highest BCUT2D eigenvalue weighted by atomic mass is 35.5. The molecular formula is C24H23ClFN3O3. The standard InChI is InChI=1S/C24H23ClFN3O3/c1-15(16-5-4-6-17(25)13-16)27-22(30)14-32-24(31)23-20-7-2-3-8-21(20)29(28-23)19-11-9-18(26)10-12-19/h4-6,9-13,15H,2-3,7-8,14H2,1H3,(H,27,30)/t15-/m1/s1. The van der Waals surface area contributed by atoms with Crippen molar-refractivity contribution in [3.63, 3.8) is 0 Å². The van der Waals surface area contributed by atoms with Crippen molar-refractivity contribution >= 4 is 23.5 Å². The molecule has 0 unspecified atom stereocenters. The molecule has 1 aromatic heterocycles. The third-order valence-electron chi connectivity index (χ3n) is 5.51. The lowest BCUT2D eigenvalue weighted by atomic mass is 9.95. The molecule has 0 saturated carbocycles. The molecule has 0 radical (unpaired) electrons. The van der Waals surface area contributed by atoms with E-state index in [2.05, 4.69) is 10.4 Å². The van der Waals surface area contributed by atoms with Crippen molar-refractivity contribution in [2.75, 3.05) is 6.61 Å². The van der Waals surface area contributed by atoms with Crippen LogP contribution in [0.4, 0.5) is 4.39 Å². The van der Waals surface area contributed by atoms with Gasteiger partial charge in [0.25, 0.3) is 5.91 Å². The van der Waals surface area contributed by atoms with Crippen LogP contribution in [0, 0.1) is 5.82 Å². The number of halogens is 2. The van der Waals surface area contributed by atoms with E-state index in [-0.39, 0.29) is 17.6 Å². The van der Waals surface area contributed by atoms with Crippen molar-refractivity contribution in [3.8, 4) is 5.69 Å². The maximum Gasteiger partial charge on any atom is 0.359 e. The number of hydrogen-bond acceptors (Lipinski definition) is 4. The number of nitrogens with zero attached hydrogens (tertiary/aromatic N) is 2. The van der Waals surface area contributed by atoms with Crippen LogP contribution in [0.5, 0.6) is 0 Å². The second-order valence-electron chi connectivity index (χ2n) is 7.79. The quantitative estimate of drug-likeness (QED) is 0.552. The SMILES string of the molecule is C[C@@H](NC(=O)COC(=O)c1nn(-c2ccc(F)cc2)c2c1CCCC2)c1cccc(Cl)c1. The molecular weight excluding hydrogens is 433 g/mol. The van der Waals surface area contributed by atoms with Crippen LogP contribution in [-0.2, 0) is 22.4 Å². The molecule has 32 heavy (non-hydrogen) atoms. The summed E-state index contributed by atoms with van der Waals surface area (Å²) < 4.78 is 20.3. The number of benzene rings is 2. The monoisotopic (exact) mass is 455 g/mol. The van der Waals surface area contributed by atoms with Crippen LogP contribution in [0.15, 0.2) is 48.5 Å². The molecule has 166 valence electrons. The number of amides is 1. The van der Waals surface area contributed by atoms with E-state index in [0.717, 1.165) is 36.1 Å². The molecule has 1 N–H and O–H groups in total. The molecule has 4 rings (SSSR count). The Morgan fingerprint density at radius 1 is 1.19 bits per heavy atom. The first-order valence-electron chi connectivity index (χ1n) is 10.5. The predicted octanol–water partition coefficient (Wildman–Crippen LogP) is 4.58. The lowest BCUT2D eigenvalue weighted by Gasteiger charge is -2.15. The summed E-state index contributed by atoms with van der Waals surface area (Å²) in [5.41, 5.74) is 3.49. The van der Waals surface area contributed by atoms with Crippen molar-refractivity contribution in [1.82, 2.24) is 15.1 Å². The van der Waals surface area contributed by atoms with E-state index in [0.29, 0.717) is 17.1 Å². The fourth-order valence-corrected chi connectivity index (χ4v) is 4.10. The van der Waals surface area contributed by atoms with Gasteiger partial charge in [0.2, 0.25) is 0 Å². The van der Waals surface area contributed by atoms with Gasteiger partial charge in [-0.1, -0.05) is 23.7 Å². The fraction of sp³-hybridized carbons (Fsp3) is 0.292. The van der Waals surface area contributed by atoms with E-state index < -0.39 is 18.5 Å². The summed E-state index contributed by atoms with van der Waals surface area (Å²) in [6.07, 6.45) is 3.40. The molecule has 1 aliphatic carbocycles. The zero-order valence-corrected chi connectivity index (χ0v) is 18.4. The molecule has 2 aromatic carbocycles. The van der Waals surface area contributed by atoms with Gasteiger partial charge < -0.3 is 10.1 Å². The summed E-state index contributed by atoms with van der Waals surface area (Å²) in [7, 11) is 0. The Morgan fingerprint density at radius 2 is 1.94 bits per heavy atom. The Morgan fingerprint density at radius 3 is 2.69 bits per heavy atom. The van der Waals surface area contributed by atoms with Crippen LogP contribution in [0.1, 0.15) is 53.1 Å². The van der Waals surface area contributed by atoms with Crippen molar-refractivity contribution in [2.45, 2.75) is 38.6 Å². The molecule has 8 heteroatoms. The van der Waals surface area contributed by atoms with Gasteiger partial charge in [-0.05, 0) is 74.6 Å². The molecule has 1 aliphatic rings. The van der Waals surface area contributed by atoms with Gasteiger partial charge in [-0.2, -0.15) is 5.10 Å². The maximum absolute atomic E-state index is 13.3. The molecule has 6 nitrogen and oxygen atoms in total. The Bertz CT molecular complexity index is 1140. The molecule has 1 atom stereocenters. The largest absolute Gasteiger partial charge is 0.451 e. The molecule has 1 amide bonds. The number of nitrogens with one attached hydrogen (secondary N) is 1. The second kappa shape index (κ2) is 9.53. The van der Waals surface area contributed by atoms with E-state index in [1.54, 1.807) is 35.0 Å². The lowest BCUT2D eigenvalue weighted by Crippen LogP contribution is -2.31. The third kappa shape index (κ3) is 4.83. The number of carbonyl (C=O) groups is 2. The number of hydrogen-bond donors (Lipinski definition) is 1. The van der Waals surface area contributed by atoms with Gasteiger partial charge in [0.15, 0.2) is 12.3 Å². The van der Waals surface area contributed by atoms with E-state index in [4.69, 9.17) is 16.3 Å². The minimum absolute atomic E-state index is 0.208. The maximum atomic E-state index is 13.3. The van der Waals surface area contributed by atoms with Gasteiger partial charge in [-0.3, -0.25) is 4.79 Å². The van der Waals surface area contributed by atoms with E-state index in [1.165, 1.54) is 12.1 Å². The molecule has 1 heterocycles. The van der Waals surface area contributed by atoms with Gasteiger partial charge >= 0.3 is 5.97 Å². The van der Waals surface area contributed by atoms with Crippen LogP contribution >= 0.6 is 11.6 Å². The third-order valence-corrected chi connectivity index (χ3v) is 5.74. The summed E-state index contributed by atoms with van der Waals surface area (Å²) in [6, 6.07) is 12.9. The zero-order valence-electron chi connectivity index (χ0n) is 17.6. The van der Waals surface area contributed by atoms with Gasteiger partial charge in [0.1, 0.15) is 5.82 Å². The number of fused-ring (bicyclic) bond motifs is 1. The molecule has 0 aliphatic heterocycles. The zero-order chi connectivity index (χ0) is 22.7. The number of carbonyl (C=O) groups excluding carboxylic acids is 2. The molecule has 3 aromatic rings. The second-order valence-corrected chi connectivity index (χ2v) is 8.23. The highest BCUT2D eigenvalue weighted by Crippen LogP contribution is 2.27. The Hall–Kier alpha value is -3.19. The van der Waals surface area contributed by atoms with Crippen LogP contribution in [0.2, 0.25) is 5.02 Å². The Labute approximate surface area is 190 Å². The van der Waals surface area contributed by atoms with Crippen molar-refractivity contribution in [1.29, 1.82) is 0 Å². The first-order valence-corrected chi connectivity index (χ1v) is 10.9. The number of rotatable bonds is 6. The lowest BCUT2D eigenvalue weighted by molar-refractivity contribution is -0.124. The first kappa shape index (κ1) is 22.0. The Kier molecular flexibility index (Phi) is 6.55. The van der Waals surface area contributed by atoms with Crippen molar-refractivity contribution in [2.24, 2.45) is 0 Å². The smallest absolute Gasteiger partial charge is 0.359 e. The number of ether oxygens (including phenoxy) is 1.